The van der Waals surface area contributed by atoms with Gasteiger partial charge < -0.3 is 0 Å². The zero-order valence-corrected chi connectivity index (χ0v) is 15.7. The minimum absolute atomic E-state index is 1.32. The van der Waals surface area contributed by atoms with Gasteiger partial charge in [0.05, 0.1) is 0 Å². The quantitative estimate of drug-likeness (QED) is 0.454. The first-order chi connectivity index (χ1) is 10.7. The van der Waals surface area contributed by atoms with Gasteiger partial charge in [0.2, 0.25) is 0 Å². The first-order valence-corrected chi connectivity index (χ1v) is 9.43. The zero-order valence-electron chi connectivity index (χ0n) is 14.1. The van der Waals surface area contributed by atoms with Gasteiger partial charge >= 0.3 is 37.6 Å². The van der Waals surface area contributed by atoms with E-state index in [2.05, 4.69) is 70.2 Å². The molecule has 2 aliphatic rings. The molecule has 2 aromatic rings. The summed E-state index contributed by atoms with van der Waals surface area (Å²) in [7, 11) is 0. The van der Waals surface area contributed by atoms with Crippen molar-refractivity contribution >= 4 is 3.81 Å². The van der Waals surface area contributed by atoms with E-state index < -0.39 is 0 Å². The van der Waals surface area contributed by atoms with Gasteiger partial charge in [0, 0.05) is 0 Å². The number of fused-ring (bicyclic) bond motifs is 2. The third-order valence-corrected chi connectivity index (χ3v) is 4.30. The van der Waals surface area contributed by atoms with Crippen molar-refractivity contribution in [2.24, 2.45) is 0 Å². The van der Waals surface area contributed by atoms with E-state index >= 15 is 0 Å². The maximum atomic E-state index is 2.26. The Bertz CT molecular complexity index is 479. The van der Waals surface area contributed by atoms with Gasteiger partial charge in [-0.05, 0) is 0 Å². The predicted octanol–water partition coefficient (Wildman–Crippen LogP) is 5.31. The van der Waals surface area contributed by atoms with E-state index in [9.17, 15) is 0 Å². The summed E-state index contributed by atoms with van der Waals surface area (Å²) in [6.45, 7) is 4.17. The van der Waals surface area contributed by atoms with Crippen LogP contribution in [-0.2, 0) is 45.7 Å². The van der Waals surface area contributed by atoms with E-state index in [0.717, 1.165) is 0 Å². The molecule has 116 valence electrons. The number of hydrogen-bond donors (Lipinski definition) is 0. The molecule has 0 saturated carbocycles. The third-order valence-electron chi connectivity index (χ3n) is 4.30. The molecule has 4 rings (SSSR count). The average Bonchev–Trinajstić information content (AvgIpc) is 3.16. The van der Waals surface area contributed by atoms with Gasteiger partial charge in [-0.25, -0.2) is 12.1 Å². The van der Waals surface area contributed by atoms with Crippen LogP contribution in [0, 0.1) is 0 Å². The molecule has 22 heavy (non-hydrogen) atoms. The Kier molecular flexibility index (Phi) is 7.56. The fraction of sp³-hybridized carbons (Fsp3) is 0.476. The summed E-state index contributed by atoms with van der Waals surface area (Å²) < 4.78 is 1.42. The molecule has 0 amide bonds. The van der Waals surface area contributed by atoms with Crippen molar-refractivity contribution in [2.75, 3.05) is 0 Å². The molecule has 0 unspecified atom stereocenters. The average molecular weight is 328 g/mol. The van der Waals surface area contributed by atoms with Gasteiger partial charge in [0.25, 0.3) is 0 Å². The van der Waals surface area contributed by atoms with E-state index in [1.54, 1.807) is 22.3 Å². The minimum Gasteiger partial charge on any atom is -0.210 e. The van der Waals surface area contributed by atoms with Gasteiger partial charge in [-0.15, -0.1) is 0 Å². The Labute approximate surface area is 147 Å². The molecule has 0 bridgehead atoms. The second kappa shape index (κ2) is 9.43. The fourth-order valence-corrected chi connectivity index (χ4v) is 3.23. The monoisotopic (exact) mass is 328 g/mol. The van der Waals surface area contributed by atoms with Gasteiger partial charge in [0.1, 0.15) is 0 Å². The van der Waals surface area contributed by atoms with Crippen LogP contribution in [0.1, 0.15) is 61.8 Å². The standard InChI is InChI=1S/2C9H11.C3H6.Ti/c2*1-2-5-9-7-3-6-8(9)4-1;1-3-2;/h2*3,6-7H,1-2,4-5H2;1-2H3;/q2*-1;;+2. The molecule has 2 aromatic carbocycles. The predicted molar refractivity (Wildman–Crippen MR) is 93.7 cm³/mol. The molecular formula is C21H28Ti. The Balaban J connectivity index is 0.000000131. The van der Waals surface area contributed by atoms with E-state index in [1.807, 2.05) is 0 Å². The molecule has 0 radical (unpaired) electrons. The molecule has 0 atom stereocenters. The Morgan fingerprint density at radius 1 is 0.773 bits per heavy atom. The molecular weight excluding hydrogens is 300 g/mol. The molecule has 0 fully saturated rings. The molecule has 0 aliphatic heterocycles. The van der Waals surface area contributed by atoms with Crippen molar-refractivity contribution in [3.05, 3.63) is 58.7 Å². The Morgan fingerprint density at radius 2 is 1.14 bits per heavy atom. The first-order valence-electron chi connectivity index (χ1n) is 8.65. The van der Waals surface area contributed by atoms with Crippen molar-refractivity contribution in [1.82, 2.24) is 0 Å². The smallest absolute Gasteiger partial charge is 0.0512 e. The summed E-state index contributed by atoms with van der Waals surface area (Å²) >= 11 is 2.08. The van der Waals surface area contributed by atoms with Crippen LogP contribution in [0.25, 0.3) is 0 Å². The molecule has 1 heteroatoms. The van der Waals surface area contributed by atoms with Gasteiger partial charge in [-0.3, -0.25) is 0 Å². The van der Waals surface area contributed by atoms with Crippen LogP contribution in [0.15, 0.2) is 36.4 Å². The van der Waals surface area contributed by atoms with Crippen molar-refractivity contribution in [1.29, 1.82) is 0 Å². The van der Waals surface area contributed by atoms with Crippen LogP contribution in [0.3, 0.4) is 0 Å². The van der Waals surface area contributed by atoms with Crippen molar-refractivity contribution in [2.45, 2.75) is 65.2 Å². The van der Waals surface area contributed by atoms with Crippen molar-refractivity contribution < 1.29 is 20.0 Å². The summed E-state index contributed by atoms with van der Waals surface area (Å²) in [4.78, 5) is 0. The van der Waals surface area contributed by atoms with E-state index in [4.69, 9.17) is 0 Å². The van der Waals surface area contributed by atoms with Crippen LogP contribution in [-0.4, -0.2) is 3.81 Å². The van der Waals surface area contributed by atoms with E-state index in [0.29, 0.717) is 0 Å². The van der Waals surface area contributed by atoms with Gasteiger partial charge in [-0.2, -0.15) is 46.5 Å². The number of rotatable bonds is 0. The zero-order chi connectivity index (χ0) is 15.8. The number of aryl methyl sites for hydroxylation is 4. The SMILES string of the molecule is C[C](C)=[Ti+2].c1cc2c([cH-]1)CCCC2.c1cc2c([cH-]1)CCCC2. The topological polar surface area (TPSA) is 0 Å². The van der Waals surface area contributed by atoms with Crippen LogP contribution in [0.5, 0.6) is 0 Å². The molecule has 2 aliphatic carbocycles. The summed E-state index contributed by atoms with van der Waals surface area (Å²) in [6.07, 6.45) is 10.9. The molecule has 0 N–H and O–H groups in total. The molecule has 0 aromatic heterocycles. The Hall–Kier alpha value is -0.716. The summed E-state index contributed by atoms with van der Waals surface area (Å²) in [6, 6.07) is 13.4. The summed E-state index contributed by atoms with van der Waals surface area (Å²) in [5, 5.41) is 0. The minimum atomic E-state index is 1.32. The molecule has 0 saturated heterocycles. The van der Waals surface area contributed by atoms with Gasteiger partial charge in [-0.1, -0.05) is 51.4 Å². The van der Waals surface area contributed by atoms with Crippen LogP contribution in [0.2, 0.25) is 0 Å². The van der Waals surface area contributed by atoms with Crippen LogP contribution in [0.4, 0.5) is 0 Å². The number of hydrogen-bond acceptors (Lipinski definition) is 0. The van der Waals surface area contributed by atoms with E-state index in [-0.39, 0.29) is 0 Å². The first kappa shape index (κ1) is 17.6. The largest absolute Gasteiger partial charge is 0.210 e. The summed E-state index contributed by atoms with van der Waals surface area (Å²) in [5.74, 6) is 0. The molecule has 0 spiro atoms. The second-order valence-corrected chi connectivity index (χ2v) is 8.13. The third kappa shape index (κ3) is 5.82. The van der Waals surface area contributed by atoms with Crippen LogP contribution < -0.4 is 0 Å². The molecule has 0 nitrogen and oxygen atoms in total. The fourth-order valence-electron chi connectivity index (χ4n) is 3.23. The van der Waals surface area contributed by atoms with Crippen molar-refractivity contribution in [3.8, 4) is 0 Å². The van der Waals surface area contributed by atoms with Gasteiger partial charge in [0.15, 0.2) is 0 Å². The maximum Gasteiger partial charge on any atom is -0.0512 e. The maximum absolute atomic E-state index is 2.26. The van der Waals surface area contributed by atoms with Crippen molar-refractivity contribution in [3.63, 3.8) is 0 Å². The Morgan fingerprint density at radius 3 is 1.50 bits per heavy atom. The summed E-state index contributed by atoms with van der Waals surface area (Å²) in [5.41, 5.74) is 6.39. The normalized spacial score (nSPS) is 15.5. The van der Waals surface area contributed by atoms with E-state index in [1.165, 1.54) is 55.2 Å². The van der Waals surface area contributed by atoms with Crippen LogP contribution >= 0.6 is 0 Å². The second-order valence-electron chi connectivity index (χ2n) is 6.57. The molecule has 0 heterocycles.